The van der Waals surface area contributed by atoms with E-state index in [0.29, 0.717) is 37.9 Å². The van der Waals surface area contributed by atoms with Crippen LogP contribution >= 0.6 is 0 Å². The van der Waals surface area contributed by atoms with Gasteiger partial charge in [0.2, 0.25) is 6.41 Å². The van der Waals surface area contributed by atoms with E-state index in [-0.39, 0.29) is 0 Å². The third-order valence-electron chi connectivity index (χ3n) is 4.98. The topological polar surface area (TPSA) is 91.3 Å². The number of morpholine rings is 1. The Morgan fingerprint density at radius 1 is 1.42 bits per heavy atom. The van der Waals surface area contributed by atoms with Gasteiger partial charge in [-0.3, -0.25) is 4.79 Å². The fourth-order valence-corrected chi connectivity index (χ4v) is 3.51. The van der Waals surface area contributed by atoms with E-state index in [0.717, 1.165) is 38.0 Å². The Kier molecular flexibility index (Phi) is 6.71. The summed E-state index contributed by atoms with van der Waals surface area (Å²) in [5.41, 5.74) is 1.52. The highest BCUT2D eigenvalue weighted by molar-refractivity contribution is 5.73. The fraction of sp³-hybridized carbons (Fsp3) is 0.632. The number of ether oxygens (including phenoxy) is 2. The second-order valence-corrected chi connectivity index (χ2v) is 6.90. The summed E-state index contributed by atoms with van der Waals surface area (Å²) >= 11 is 0. The second-order valence-electron chi connectivity index (χ2n) is 6.90. The van der Waals surface area contributed by atoms with Gasteiger partial charge in [-0.1, -0.05) is 18.2 Å². The van der Waals surface area contributed by atoms with E-state index < -0.39 is 18.3 Å². The van der Waals surface area contributed by atoms with Gasteiger partial charge < -0.3 is 29.9 Å². The van der Waals surface area contributed by atoms with Crippen LogP contribution in [0.4, 0.5) is 0 Å². The number of carbonyl (C=O) groups is 1. The van der Waals surface area contributed by atoms with Crippen molar-refractivity contribution in [2.75, 3.05) is 32.9 Å². The summed E-state index contributed by atoms with van der Waals surface area (Å²) in [6.07, 6.45) is 10.4. The first-order chi connectivity index (χ1) is 12.6. The third kappa shape index (κ3) is 5.09. The van der Waals surface area contributed by atoms with Crippen LogP contribution in [0.25, 0.3) is 0 Å². The molecular formula is C19H28N2O5. The smallest absolute Gasteiger partial charge is 0.310 e. The molecule has 0 unspecified atom stereocenters. The molecule has 0 bridgehead atoms. The Morgan fingerprint density at radius 3 is 2.92 bits per heavy atom. The summed E-state index contributed by atoms with van der Waals surface area (Å²) in [6, 6.07) is 0. The molecule has 1 fully saturated rings. The number of nitrogens with one attached hydrogen (secondary N) is 1. The summed E-state index contributed by atoms with van der Waals surface area (Å²) in [7, 11) is 0. The number of carboxylic acid groups (broad SMARTS) is 1. The number of aliphatic hydroxyl groups is 1. The highest BCUT2D eigenvalue weighted by atomic mass is 16.6. The van der Waals surface area contributed by atoms with E-state index in [9.17, 15) is 15.0 Å². The Balaban J connectivity index is 1.61. The Morgan fingerprint density at radius 2 is 2.23 bits per heavy atom. The molecule has 26 heavy (non-hydrogen) atoms. The van der Waals surface area contributed by atoms with Crippen molar-refractivity contribution in [3.63, 3.8) is 0 Å². The lowest BCUT2D eigenvalue weighted by Crippen LogP contribution is -2.42. The van der Waals surface area contributed by atoms with Crippen molar-refractivity contribution in [1.82, 2.24) is 10.2 Å². The zero-order valence-electron chi connectivity index (χ0n) is 15.0. The van der Waals surface area contributed by atoms with E-state index in [1.807, 2.05) is 6.08 Å². The second kappa shape index (κ2) is 9.21. The van der Waals surface area contributed by atoms with Crippen LogP contribution in [-0.2, 0) is 14.3 Å². The molecule has 3 N–H and O–H groups in total. The van der Waals surface area contributed by atoms with Gasteiger partial charge in [0.1, 0.15) is 0 Å². The molecule has 0 aromatic carbocycles. The Hall–Kier alpha value is -1.83. The Bertz CT molecular complexity index is 580. The minimum Gasteiger partial charge on any atom is -0.481 e. The SMILES string of the molecule is O=C(O)[C@H]1C=C(N[C@@H](O)OC[C@@H]2C=CCCC2)C(N2CCOCC2)=CC1. The predicted octanol–water partition coefficient (Wildman–Crippen LogP) is 1.43. The highest BCUT2D eigenvalue weighted by Crippen LogP contribution is 2.26. The number of hydrogen-bond acceptors (Lipinski definition) is 6. The van der Waals surface area contributed by atoms with Crippen LogP contribution in [0, 0.1) is 11.8 Å². The fourth-order valence-electron chi connectivity index (χ4n) is 3.51. The van der Waals surface area contributed by atoms with Gasteiger partial charge in [-0.15, -0.1) is 0 Å². The van der Waals surface area contributed by atoms with Crippen LogP contribution in [0.3, 0.4) is 0 Å². The normalized spacial score (nSPS) is 27.5. The van der Waals surface area contributed by atoms with Gasteiger partial charge >= 0.3 is 5.97 Å². The standard InChI is InChI=1S/C19H28N2O5/c22-18(23)15-6-7-17(21-8-10-25-11-9-21)16(12-15)20-19(24)26-13-14-4-2-1-3-5-14/h2,4,7,12,14-15,19-20,24H,1,3,5-6,8-11,13H2,(H,22,23)/t14-,15-,19+/m1/s1. The lowest BCUT2D eigenvalue weighted by Gasteiger charge is -2.35. The Labute approximate surface area is 154 Å². The van der Waals surface area contributed by atoms with E-state index >= 15 is 0 Å². The summed E-state index contributed by atoms with van der Waals surface area (Å²) < 4.78 is 10.9. The van der Waals surface area contributed by atoms with Gasteiger partial charge in [0.05, 0.1) is 37.1 Å². The number of nitrogens with zero attached hydrogens (tertiary/aromatic N) is 1. The number of aliphatic carboxylic acids is 1. The molecule has 7 nitrogen and oxygen atoms in total. The van der Waals surface area contributed by atoms with Crippen LogP contribution in [0.5, 0.6) is 0 Å². The summed E-state index contributed by atoms with van der Waals surface area (Å²) in [6.45, 7) is 3.20. The minimum atomic E-state index is -1.17. The van der Waals surface area contributed by atoms with Crippen molar-refractivity contribution in [3.05, 3.63) is 35.7 Å². The molecule has 2 aliphatic carbocycles. The summed E-state index contributed by atoms with van der Waals surface area (Å²) in [5, 5.41) is 22.5. The third-order valence-corrected chi connectivity index (χ3v) is 4.98. The number of hydrogen-bond donors (Lipinski definition) is 3. The molecule has 3 atom stereocenters. The average Bonchev–Trinajstić information content (AvgIpc) is 2.68. The van der Waals surface area contributed by atoms with Crippen LogP contribution in [0.1, 0.15) is 25.7 Å². The summed E-state index contributed by atoms with van der Waals surface area (Å²) in [4.78, 5) is 13.5. The maximum Gasteiger partial charge on any atom is 0.310 e. The van der Waals surface area contributed by atoms with Crippen LogP contribution < -0.4 is 5.32 Å². The molecule has 1 aliphatic heterocycles. The largest absolute Gasteiger partial charge is 0.481 e. The molecule has 0 spiro atoms. The van der Waals surface area contributed by atoms with Crippen molar-refractivity contribution in [2.24, 2.45) is 11.8 Å². The number of carboxylic acids is 1. The number of rotatable bonds is 7. The van der Waals surface area contributed by atoms with Crippen LogP contribution in [0.2, 0.25) is 0 Å². The van der Waals surface area contributed by atoms with E-state index in [4.69, 9.17) is 9.47 Å². The maximum absolute atomic E-state index is 11.4. The van der Waals surface area contributed by atoms with Crippen LogP contribution in [0.15, 0.2) is 35.7 Å². The maximum atomic E-state index is 11.4. The number of aliphatic hydroxyl groups excluding tert-OH is 1. The van der Waals surface area contributed by atoms with Crippen molar-refractivity contribution in [3.8, 4) is 0 Å². The molecule has 1 heterocycles. The van der Waals surface area contributed by atoms with Crippen molar-refractivity contribution in [1.29, 1.82) is 0 Å². The van der Waals surface area contributed by atoms with Crippen LogP contribution in [-0.4, -0.2) is 60.4 Å². The summed E-state index contributed by atoms with van der Waals surface area (Å²) in [5.74, 6) is -1.15. The molecular weight excluding hydrogens is 336 g/mol. The van der Waals surface area contributed by atoms with Gasteiger partial charge in [0.25, 0.3) is 0 Å². The lowest BCUT2D eigenvalue weighted by molar-refractivity contribution is -0.140. The zero-order chi connectivity index (χ0) is 18.4. The zero-order valence-corrected chi connectivity index (χ0v) is 15.0. The van der Waals surface area contributed by atoms with Gasteiger partial charge in [-0.05, 0) is 31.8 Å². The van der Waals surface area contributed by atoms with E-state index in [1.165, 1.54) is 0 Å². The van der Waals surface area contributed by atoms with Gasteiger partial charge in [-0.25, -0.2) is 0 Å². The molecule has 0 aromatic heterocycles. The lowest BCUT2D eigenvalue weighted by atomic mass is 9.96. The molecule has 0 saturated carbocycles. The van der Waals surface area contributed by atoms with Crippen molar-refractivity contribution >= 4 is 5.97 Å². The van der Waals surface area contributed by atoms with Gasteiger partial charge in [0.15, 0.2) is 0 Å². The highest BCUT2D eigenvalue weighted by Gasteiger charge is 2.26. The van der Waals surface area contributed by atoms with Crippen molar-refractivity contribution in [2.45, 2.75) is 32.1 Å². The molecule has 144 valence electrons. The quantitative estimate of drug-likeness (QED) is 0.465. The van der Waals surface area contributed by atoms with E-state index in [1.54, 1.807) is 6.08 Å². The molecule has 0 amide bonds. The van der Waals surface area contributed by atoms with E-state index in [2.05, 4.69) is 22.4 Å². The molecule has 0 radical (unpaired) electrons. The first-order valence-electron chi connectivity index (χ1n) is 9.34. The average molecular weight is 364 g/mol. The van der Waals surface area contributed by atoms with Crippen molar-refractivity contribution < 1.29 is 24.5 Å². The molecule has 0 aromatic rings. The molecule has 1 saturated heterocycles. The predicted molar refractivity (Wildman–Crippen MR) is 95.9 cm³/mol. The van der Waals surface area contributed by atoms with Gasteiger partial charge in [-0.2, -0.15) is 0 Å². The molecule has 3 aliphatic rings. The first kappa shape index (κ1) is 18.9. The molecule has 7 heteroatoms. The molecule has 3 rings (SSSR count). The first-order valence-corrected chi connectivity index (χ1v) is 9.34. The monoisotopic (exact) mass is 364 g/mol. The number of allylic oxidation sites excluding steroid dienone is 2. The minimum absolute atomic E-state index is 0.321. The van der Waals surface area contributed by atoms with Gasteiger partial charge in [0, 0.05) is 19.0 Å².